The number of nitrogen functional groups attached to an aromatic ring is 1. The molecule has 9 N–H and O–H groups in total. The number of hydrogen-bond acceptors (Lipinski definition) is 8. The number of carbonyl (C=O) groups is 3. The van der Waals surface area contributed by atoms with E-state index in [1.165, 1.54) is 6.07 Å². The third-order valence-corrected chi connectivity index (χ3v) is 7.37. The van der Waals surface area contributed by atoms with Crippen molar-refractivity contribution >= 4 is 40.2 Å². The molecule has 1 saturated heterocycles. The molecule has 222 valence electrons. The number of nitrogens with zero attached hydrogens (tertiary/aromatic N) is 1. The Hall–Kier alpha value is -4.71. The molecule has 0 aliphatic carbocycles. The van der Waals surface area contributed by atoms with E-state index in [1.54, 1.807) is 19.1 Å². The molecule has 1 aliphatic rings. The highest BCUT2D eigenvalue weighted by Crippen LogP contribution is 2.23. The first-order valence-corrected chi connectivity index (χ1v) is 13.9. The molecule has 2 heterocycles. The van der Waals surface area contributed by atoms with Gasteiger partial charge in [0.15, 0.2) is 11.7 Å². The Morgan fingerprint density at radius 3 is 2.55 bits per heavy atom. The summed E-state index contributed by atoms with van der Waals surface area (Å²) in [6, 6.07) is 11.8. The Morgan fingerprint density at radius 1 is 1.10 bits per heavy atom. The largest absolute Gasteiger partial charge is 0.421 e. The molecule has 12 nitrogen and oxygen atoms in total. The number of aryl methyl sites for hydroxylation is 1. The van der Waals surface area contributed by atoms with Gasteiger partial charge in [0.05, 0.1) is 12.1 Å². The number of ketones is 1. The number of anilines is 1. The molecule has 1 aromatic heterocycles. The zero-order chi connectivity index (χ0) is 30.2. The summed E-state index contributed by atoms with van der Waals surface area (Å²) < 4.78 is 5.33. The number of Topliss-reactive ketones (excluding diaryl/α,β-unsaturated/α-hetero) is 1. The predicted octanol–water partition coefficient (Wildman–Crippen LogP) is 0.884. The molecular weight excluding hydrogens is 538 g/mol. The lowest BCUT2D eigenvalue weighted by Gasteiger charge is -2.24. The Balaban J connectivity index is 1.60. The van der Waals surface area contributed by atoms with Crippen molar-refractivity contribution in [3.63, 3.8) is 0 Å². The van der Waals surface area contributed by atoms with Crippen molar-refractivity contribution in [3.8, 4) is 0 Å². The number of hydrogen-bond donors (Lipinski definition) is 6. The second-order valence-electron chi connectivity index (χ2n) is 10.4. The van der Waals surface area contributed by atoms with Crippen LogP contribution in [-0.4, -0.2) is 54.8 Å². The number of amides is 2. The lowest BCUT2D eigenvalue weighted by atomic mass is 9.97. The van der Waals surface area contributed by atoms with Crippen molar-refractivity contribution in [1.29, 1.82) is 0 Å². The van der Waals surface area contributed by atoms with Crippen LogP contribution in [-0.2, 0) is 16.0 Å². The number of aliphatic imine (C=N–C) groups is 1. The van der Waals surface area contributed by atoms with Gasteiger partial charge in [0.2, 0.25) is 11.8 Å². The maximum absolute atomic E-state index is 13.8. The highest BCUT2D eigenvalue weighted by Gasteiger charge is 2.30. The number of rotatable bonds is 12. The highest BCUT2D eigenvalue weighted by molar-refractivity contribution is 6.05. The van der Waals surface area contributed by atoms with Gasteiger partial charge in [-0.1, -0.05) is 42.5 Å². The minimum Gasteiger partial charge on any atom is -0.421 e. The fraction of sp³-hybridized carbons (Fsp3) is 0.367. The lowest BCUT2D eigenvalue weighted by molar-refractivity contribution is -0.130. The van der Waals surface area contributed by atoms with Crippen molar-refractivity contribution in [2.45, 2.75) is 57.2 Å². The van der Waals surface area contributed by atoms with Crippen LogP contribution in [0.2, 0.25) is 0 Å². The molecule has 0 radical (unpaired) electrons. The molecule has 0 spiro atoms. The molecule has 0 saturated carbocycles. The van der Waals surface area contributed by atoms with Crippen molar-refractivity contribution in [1.82, 2.24) is 16.0 Å². The second-order valence-corrected chi connectivity index (χ2v) is 10.4. The Bertz CT molecular complexity index is 1530. The molecule has 42 heavy (non-hydrogen) atoms. The number of nitrogens with one attached hydrogen (secondary N) is 3. The van der Waals surface area contributed by atoms with Crippen LogP contribution in [0.3, 0.4) is 0 Å². The molecule has 1 aliphatic heterocycles. The Kier molecular flexibility index (Phi) is 9.92. The van der Waals surface area contributed by atoms with E-state index < -0.39 is 29.4 Å². The van der Waals surface area contributed by atoms with Crippen LogP contribution in [0.5, 0.6) is 0 Å². The number of benzene rings is 2. The van der Waals surface area contributed by atoms with Crippen molar-refractivity contribution in [2.75, 3.05) is 18.8 Å². The Labute approximate surface area is 243 Å². The molecule has 0 unspecified atom stereocenters. The summed E-state index contributed by atoms with van der Waals surface area (Å²) in [6.07, 6.45) is 2.41. The molecule has 3 aromatic rings. The lowest BCUT2D eigenvalue weighted by Crippen LogP contribution is -2.55. The normalized spacial score (nSPS) is 16.0. The quantitative estimate of drug-likeness (QED) is 0.0595. The summed E-state index contributed by atoms with van der Waals surface area (Å²) in [5, 5.41) is 9.47. The summed E-state index contributed by atoms with van der Waals surface area (Å²) in [4.78, 5) is 56.5. The van der Waals surface area contributed by atoms with Gasteiger partial charge in [0.25, 0.3) is 0 Å². The van der Waals surface area contributed by atoms with Crippen LogP contribution in [0.4, 0.5) is 5.69 Å². The third kappa shape index (κ3) is 7.52. The van der Waals surface area contributed by atoms with Crippen LogP contribution in [0.1, 0.15) is 47.2 Å². The smallest absolute Gasteiger partial charge is 0.359 e. The van der Waals surface area contributed by atoms with Crippen LogP contribution in [0.25, 0.3) is 11.0 Å². The fourth-order valence-electron chi connectivity index (χ4n) is 5.01. The average Bonchev–Trinajstić information content (AvgIpc) is 3.52. The number of nitrogens with two attached hydrogens (primary N) is 3. The standard InChI is InChI=1S/C30H37N7O5/c1-17-20-12-11-19(16-24(20)42-29(41)25(17)31)26(38)21(9-5-14-35-30(32)33)36-28(40)23(15-18-7-3-2-4-8-18)37-27(39)22-10-6-13-34-22/h2-4,7-8,11-12,16,21-23,34H,5-6,9-10,13-15,31H2,1H3,(H,36,40)(H,37,39)(H4,32,33,35)/t21-,22-,23-/m0/s1. The molecule has 2 aromatic carbocycles. The molecule has 1 fully saturated rings. The first-order valence-electron chi connectivity index (χ1n) is 13.9. The van der Waals surface area contributed by atoms with Crippen molar-refractivity contribution < 1.29 is 18.8 Å². The first kappa shape index (κ1) is 30.3. The van der Waals surface area contributed by atoms with Gasteiger partial charge in [0, 0.05) is 23.9 Å². The van der Waals surface area contributed by atoms with E-state index in [-0.39, 0.29) is 54.1 Å². The first-order chi connectivity index (χ1) is 20.1. The maximum atomic E-state index is 13.8. The van der Waals surface area contributed by atoms with E-state index in [1.807, 2.05) is 30.3 Å². The molecule has 2 amide bonds. The van der Waals surface area contributed by atoms with Gasteiger partial charge in [-0.3, -0.25) is 19.4 Å². The van der Waals surface area contributed by atoms with Gasteiger partial charge in [-0.25, -0.2) is 4.79 Å². The maximum Gasteiger partial charge on any atom is 0.359 e. The van der Waals surface area contributed by atoms with Crippen molar-refractivity contribution in [3.05, 3.63) is 75.6 Å². The van der Waals surface area contributed by atoms with E-state index in [0.29, 0.717) is 23.8 Å². The summed E-state index contributed by atoms with van der Waals surface area (Å²) in [7, 11) is 0. The van der Waals surface area contributed by atoms with Gasteiger partial charge in [-0.05, 0) is 56.3 Å². The predicted molar refractivity (Wildman–Crippen MR) is 161 cm³/mol. The van der Waals surface area contributed by atoms with E-state index in [4.69, 9.17) is 21.6 Å². The van der Waals surface area contributed by atoms with Crippen LogP contribution in [0.15, 0.2) is 62.7 Å². The molecule has 4 rings (SSSR count). The van der Waals surface area contributed by atoms with Gasteiger partial charge in [-0.2, -0.15) is 0 Å². The van der Waals surface area contributed by atoms with Crippen LogP contribution >= 0.6 is 0 Å². The van der Waals surface area contributed by atoms with Crippen molar-refractivity contribution in [2.24, 2.45) is 16.5 Å². The summed E-state index contributed by atoms with van der Waals surface area (Å²) in [5.41, 5.74) is 17.9. The number of carbonyl (C=O) groups excluding carboxylic acids is 3. The molecule has 0 bridgehead atoms. The minimum absolute atomic E-state index is 0.00533. The molecule has 12 heteroatoms. The second kappa shape index (κ2) is 13.8. The van der Waals surface area contributed by atoms with E-state index in [2.05, 4.69) is 20.9 Å². The van der Waals surface area contributed by atoms with Gasteiger partial charge in [0.1, 0.15) is 17.3 Å². The fourth-order valence-corrected chi connectivity index (χ4v) is 5.01. The number of guanidine groups is 1. The molecule has 3 atom stereocenters. The summed E-state index contributed by atoms with van der Waals surface area (Å²) in [6.45, 7) is 2.69. The zero-order valence-electron chi connectivity index (χ0n) is 23.5. The van der Waals surface area contributed by atoms with Crippen LogP contribution in [0, 0.1) is 6.92 Å². The highest BCUT2D eigenvalue weighted by atomic mass is 16.4. The van der Waals surface area contributed by atoms with E-state index in [0.717, 1.165) is 18.5 Å². The molecular formula is C30H37N7O5. The Morgan fingerprint density at radius 2 is 1.86 bits per heavy atom. The SMILES string of the molecule is Cc1c(N)c(=O)oc2cc(C(=O)[C@H](CCCN=C(N)N)NC(=O)[C@H](Cc3ccccc3)NC(=O)[C@@H]3CCCN3)ccc12. The van der Waals surface area contributed by atoms with Gasteiger partial charge in [-0.15, -0.1) is 0 Å². The minimum atomic E-state index is -0.967. The summed E-state index contributed by atoms with van der Waals surface area (Å²) in [5.74, 6) is -1.23. The number of fused-ring (bicyclic) bond motifs is 1. The van der Waals surface area contributed by atoms with Gasteiger partial charge < -0.3 is 37.6 Å². The third-order valence-electron chi connectivity index (χ3n) is 7.37. The summed E-state index contributed by atoms with van der Waals surface area (Å²) >= 11 is 0. The average molecular weight is 576 g/mol. The van der Waals surface area contributed by atoms with E-state index >= 15 is 0 Å². The monoisotopic (exact) mass is 575 g/mol. The van der Waals surface area contributed by atoms with Gasteiger partial charge >= 0.3 is 5.63 Å². The van der Waals surface area contributed by atoms with Crippen LogP contribution < -0.4 is 38.8 Å². The topological polar surface area (TPSA) is 208 Å². The van der Waals surface area contributed by atoms with E-state index in [9.17, 15) is 19.2 Å². The zero-order valence-corrected chi connectivity index (χ0v) is 23.5.